The van der Waals surface area contributed by atoms with Crippen molar-refractivity contribution in [2.24, 2.45) is 0 Å². The summed E-state index contributed by atoms with van der Waals surface area (Å²) in [5.41, 5.74) is 0. The molecule has 0 fully saturated rings. The van der Waals surface area contributed by atoms with Crippen LogP contribution in [0.2, 0.25) is 0 Å². The zero-order valence-corrected chi connectivity index (χ0v) is 9.73. The Balaban J connectivity index is 2.10. The molecule has 1 unspecified atom stereocenters. The Morgan fingerprint density at radius 3 is 2.86 bits per heavy atom. The molecule has 0 radical (unpaired) electrons. The van der Waals surface area contributed by atoms with Gasteiger partial charge in [0.05, 0.1) is 0 Å². The molecule has 1 heterocycles. The number of thioether (sulfide) groups is 1. The summed E-state index contributed by atoms with van der Waals surface area (Å²) in [7, 11) is 0. The fourth-order valence-electron chi connectivity index (χ4n) is 0.925. The van der Waals surface area contributed by atoms with E-state index in [0.29, 0.717) is 17.2 Å². The predicted octanol–water partition coefficient (Wildman–Crippen LogP) is 1.86. The summed E-state index contributed by atoms with van der Waals surface area (Å²) in [4.78, 5) is 0. The Hall–Kier alpha value is -0.550. The van der Waals surface area contributed by atoms with Crippen molar-refractivity contribution in [1.29, 1.82) is 0 Å². The molecule has 0 spiro atoms. The van der Waals surface area contributed by atoms with E-state index in [-0.39, 0.29) is 0 Å². The van der Waals surface area contributed by atoms with E-state index in [1.807, 2.05) is 0 Å². The highest BCUT2D eigenvalue weighted by atomic mass is 32.2. The number of rotatable bonds is 6. The molecule has 0 saturated carbocycles. The largest absolute Gasteiger partial charge is 0.416 e. The summed E-state index contributed by atoms with van der Waals surface area (Å²) in [5, 5.41) is 11.7. The summed E-state index contributed by atoms with van der Waals surface area (Å²) in [6.07, 6.45) is 1.16. The molecule has 1 aromatic rings. The van der Waals surface area contributed by atoms with Gasteiger partial charge in [0.15, 0.2) is 0 Å². The third-order valence-electron chi connectivity index (χ3n) is 1.94. The lowest BCUT2D eigenvalue weighted by Gasteiger charge is -2.09. The topological polar surface area (TPSA) is 51.0 Å². The Bertz CT molecular complexity index is 264. The molecule has 0 aliphatic heterocycles. The fraction of sp³-hybridized carbons (Fsp3) is 0.778. The zero-order chi connectivity index (χ0) is 10.4. The lowest BCUT2D eigenvalue weighted by atomic mass is 10.3. The van der Waals surface area contributed by atoms with Gasteiger partial charge >= 0.3 is 0 Å². The van der Waals surface area contributed by atoms with Gasteiger partial charge in [0.25, 0.3) is 5.22 Å². The van der Waals surface area contributed by atoms with Crippen LogP contribution >= 0.6 is 11.8 Å². The first-order chi connectivity index (χ1) is 6.72. The second kappa shape index (κ2) is 6.03. The van der Waals surface area contributed by atoms with Gasteiger partial charge in [-0.05, 0) is 13.3 Å². The summed E-state index contributed by atoms with van der Waals surface area (Å²) in [5.74, 6) is 1.59. The number of nitrogens with one attached hydrogen (secondary N) is 1. The van der Waals surface area contributed by atoms with Gasteiger partial charge in [0.1, 0.15) is 0 Å². The number of hydrogen-bond acceptors (Lipinski definition) is 5. The highest BCUT2D eigenvalue weighted by molar-refractivity contribution is 7.99. The molecule has 1 N–H and O–H groups in total. The van der Waals surface area contributed by atoms with Gasteiger partial charge in [-0.3, -0.25) is 0 Å². The van der Waals surface area contributed by atoms with Crippen LogP contribution in [-0.4, -0.2) is 28.5 Å². The average Bonchev–Trinajstić information content (AvgIpc) is 2.58. The number of aromatic nitrogens is 2. The number of hydrogen-bond donors (Lipinski definition) is 1. The van der Waals surface area contributed by atoms with Crippen molar-refractivity contribution < 1.29 is 4.42 Å². The van der Waals surface area contributed by atoms with Crippen LogP contribution in [0.5, 0.6) is 0 Å². The van der Waals surface area contributed by atoms with Crippen LogP contribution in [0.25, 0.3) is 0 Å². The van der Waals surface area contributed by atoms with E-state index in [2.05, 4.69) is 29.4 Å². The van der Waals surface area contributed by atoms with Crippen molar-refractivity contribution in [3.05, 3.63) is 5.89 Å². The quantitative estimate of drug-likeness (QED) is 0.580. The summed E-state index contributed by atoms with van der Waals surface area (Å²) in [6.45, 7) is 7.13. The molecule has 1 atom stereocenters. The molecule has 0 saturated heterocycles. The molecular weight excluding hydrogens is 198 g/mol. The minimum absolute atomic E-state index is 0.583. The van der Waals surface area contributed by atoms with Crippen molar-refractivity contribution in [3.63, 3.8) is 0 Å². The number of aryl methyl sites for hydroxylation is 1. The Morgan fingerprint density at radius 1 is 1.50 bits per heavy atom. The van der Waals surface area contributed by atoms with Gasteiger partial charge in [-0.1, -0.05) is 18.7 Å². The first-order valence-electron chi connectivity index (χ1n) is 4.88. The molecule has 0 aliphatic carbocycles. The summed E-state index contributed by atoms with van der Waals surface area (Å²) in [6, 6.07) is 0.583. The Kier molecular flexibility index (Phi) is 4.97. The molecule has 14 heavy (non-hydrogen) atoms. The molecule has 80 valence electrons. The van der Waals surface area contributed by atoms with E-state index >= 15 is 0 Å². The monoisotopic (exact) mass is 215 g/mol. The van der Waals surface area contributed by atoms with Crippen LogP contribution in [0.15, 0.2) is 9.64 Å². The zero-order valence-electron chi connectivity index (χ0n) is 8.91. The predicted molar refractivity (Wildman–Crippen MR) is 57.5 cm³/mol. The molecule has 0 aromatic carbocycles. The molecule has 5 heteroatoms. The molecule has 4 nitrogen and oxygen atoms in total. The van der Waals surface area contributed by atoms with Crippen LogP contribution in [0, 0.1) is 6.92 Å². The maximum Gasteiger partial charge on any atom is 0.276 e. The van der Waals surface area contributed by atoms with E-state index < -0.39 is 0 Å². The smallest absolute Gasteiger partial charge is 0.276 e. The minimum Gasteiger partial charge on any atom is -0.416 e. The highest BCUT2D eigenvalue weighted by Gasteiger charge is 2.02. The summed E-state index contributed by atoms with van der Waals surface area (Å²) < 4.78 is 5.23. The molecular formula is C9H17N3OS. The van der Waals surface area contributed by atoms with Crippen molar-refractivity contribution in [3.8, 4) is 0 Å². The maximum absolute atomic E-state index is 5.23. The van der Waals surface area contributed by atoms with Gasteiger partial charge in [-0.25, -0.2) is 0 Å². The van der Waals surface area contributed by atoms with Crippen LogP contribution in [0.1, 0.15) is 26.2 Å². The van der Waals surface area contributed by atoms with E-state index in [1.165, 1.54) is 0 Å². The van der Waals surface area contributed by atoms with Crippen LogP contribution < -0.4 is 5.32 Å². The van der Waals surface area contributed by atoms with Gasteiger partial charge in [0, 0.05) is 25.3 Å². The Labute approximate surface area is 88.9 Å². The first-order valence-corrected chi connectivity index (χ1v) is 5.87. The second-order valence-corrected chi connectivity index (χ2v) is 4.25. The van der Waals surface area contributed by atoms with Gasteiger partial charge < -0.3 is 9.73 Å². The molecule has 0 aliphatic rings. The average molecular weight is 215 g/mol. The third-order valence-corrected chi connectivity index (χ3v) is 2.76. The fourth-order valence-corrected chi connectivity index (χ4v) is 1.60. The normalized spacial score (nSPS) is 13.1. The van der Waals surface area contributed by atoms with Crippen molar-refractivity contribution in [2.45, 2.75) is 38.5 Å². The lowest BCUT2D eigenvalue weighted by molar-refractivity contribution is 0.429. The van der Waals surface area contributed by atoms with E-state index in [4.69, 9.17) is 4.42 Å². The van der Waals surface area contributed by atoms with Gasteiger partial charge in [-0.15, -0.1) is 10.2 Å². The lowest BCUT2D eigenvalue weighted by Crippen LogP contribution is -2.27. The standard InChI is InChI=1S/C9H17N3OS/c1-4-7(2)10-5-6-14-9-12-11-8(3)13-9/h7,10H,4-6H2,1-3H3. The van der Waals surface area contributed by atoms with Gasteiger partial charge in [-0.2, -0.15) is 0 Å². The molecule has 0 amide bonds. The van der Waals surface area contributed by atoms with Gasteiger partial charge in [0.2, 0.25) is 5.89 Å². The van der Waals surface area contributed by atoms with Crippen molar-refractivity contribution in [1.82, 2.24) is 15.5 Å². The van der Waals surface area contributed by atoms with Crippen LogP contribution in [0.4, 0.5) is 0 Å². The molecule has 1 rings (SSSR count). The van der Waals surface area contributed by atoms with E-state index in [1.54, 1.807) is 18.7 Å². The molecule has 1 aromatic heterocycles. The highest BCUT2D eigenvalue weighted by Crippen LogP contribution is 2.14. The maximum atomic E-state index is 5.23. The van der Waals surface area contributed by atoms with Crippen LogP contribution in [0.3, 0.4) is 0 Å². The third kappa shape index (κ3) is 4.11. The minimum atomic E-state index is 0.583. The first kappa shape index (κ1) is 11.5. The second-order valence-electron chi connectivity index (χ2n) is 3.20. The Morgan fingerprint density at radius 2 is 2.29 bits per heavy atom. The summed E-state index contributed by atoms with van der Waals surface area (Å²) >= 11 is 1.59. The van der Waals surface area contributed by atoms with E-state index in [0.717, 1.165) is 18.7 Å². The SMILES string of the molecule is CCC(C)NCCSc1nnc(C)o1. The van der Waals surface area contributed by atoms with E-state index in [9.17, 15) is 0 Å². The van der Waals surface area contributed by atoms with Crippen molar-refractivity contribution >= 4 is 11.8 Å². The van der Waals surface area contributed by atoms with Crippen molar-refractivity contribution in [2.75, 3.05) is 12.3 Å². The van der Waals surface area contributed by atoms with Crippen LogP contribution in [-0.2, 0) is 0 Å². The molecule has 0 bridgehead atoms. The number of nitrogens with zero attached hydrogens (tertiary/aromatic N) is 2.